The molecule has 1 nitrogen and oxygen atoms in total. The van der Waals surface area contributed by atoms with Gasteiger partial charge in [0, 0.05) is 68.3 Å². The summed E-state index contributed by atoms with van der Waals surface area (Å²) in [6.07, 6.45) is 0. The van der Waals surface area contributed by atoms with Gasteiger partial charge in [-0.2, -0.15) is 0 Å². The number of hydrogen-bond acceptors (Lipinski definition) is 3. The van der Waals surface area contributed by atoms with E-state index in [2.05, 4.69) is 266 Å². The first-order valence-electron chi connectivity index (χ1n) is 26.7. The Hall–Kier alpha value is -9.12. The van der Waals surface area contributed by atoms with E-state index < -0.39 is 10.8 Å². The summed E-state index contributed by atoms with van der Waals surface area (Å²) in [5.74, 6) is 0. The number of anilines is 3. The second-order valence-corrected chi connectivity index (χ2v) is 23.4. The molecule has 0 saturated heterocycles. The molecule has 2 aromatic heterocycles. The fourth-order valence-electron chi connectivity index (χ4n) is 15.1. The summed E-state index contributed by atoms with van der Waals surface area (Å²) in [4.78, 5) is 2.62. The Bertz CT molecular complexity index is 4620. The van der Waals surface area contributed by atoms with Gasteiger partial charge in [-0.3, -0.25) is 0 Å². The maximum Gasteiger partial charge on any atom is 0.0726 e. The average Bonchev–Trinajstić information content (AvgIpc) is 4.50. The van der Waals surface area contributed by atoms with Crippen molar-refractivity contribution in [2.75, 3.05) is 4.90 Å². The summed E-state index contributed by atoms with van der Waals surface area (Å²) in [7, 11) is 0. The van der Waals surface area contributed by atoms with Crippen LogP contribution in [-0.4, -0.2) is 0 Å². The number of thiophene rings is 2. The van der Waals surface area contributed by atoms with Crippen LogP contribution in [0.15, 0.2) is 261 Å². The molecule has 2 atom stereocenters. The zero-order valence-corrected chi connectivity index (χ0v) is 43.2. The third kappa shape index (κ3) is 5.19. The van der Waals surface area contributed by atoms with Crippen LogP contribution in [0.5, 0.6) is 0 Å². The van der Waals surface area contributed by atoms with Crippen LogP contribution in [0.3, 0.4) is 0 Å². The van der Waals surface area contributed by atoms with Gasteiger partial charge in [0.15, 0.2) is 0 Å². The van der Waals surface area contributed by atoms with Crippen LogP contribution in [0.2, 0.25) is 0 Å². The minimum atomic E-state index is -0.536. The number of fused-ring (bicyclic) bond motifs is 28. The van der Waals surface area contributed by atoms with Gasteiger partial charge in [-0.05, 0) is 114 Å². The van der Waals surface area contributed by atoms with E-state index in [0.29, 0.717) is 0 Å². The summed E-state index contributed by atoms with van der Waals surface area (Å²) in [6, 6.07) is 99.3. The van der Waals surface area contributed by atoms with Crippen molar-refractivity contribution in [1.29, 1.82) is 0 Å². The molecule has 0 bridgehead atoms. The van der Waals surface area contributed by atoms with Crippen LogP contribution in [0.4, 0.5) is 17.1 Å². The van der Waals surface area contributed by atoms with E-state index in [4.69, 9.17) is 0 Å². The Morgan fingerprint density at radius 1 is 0.247 bits per heavy atom. The number of hydrogen-bond donors (Lipinski definition) is 0. The second kappa shape index (κ2) is 15.3. The Kier molecular flexibility index (Phi) is 8.36. The largest absolute Gasteiger partial charge is 0.309 e. The molecule has 2 heterocycles. The first-order valence-corrected chi connectivity index (χ1v) is 28.4. The number of rotatable bonds is 4. The third-order valence-electron chi connectivity index (χ3n) is 17.9. The summed E-state index contributed by atoms with van der Waals surface area (Å²) in [6.45, 7) is 0. The molecule has 3 heteroatoms. The van der Waals surface area contributed by atoms with E-state index in [1.54, 1.807) is 0 Å². The lowest BCUT2D eigenvalue weighted by atomic mass is 9.70. The average molecular weight is 1010 g/mol. The molecule has 0 fully saturated rings. The topological polar surface area (TPSA) is 3.24 Å². The molecule has 0 saturated carbocycles. The highest BCUT2D eigenvalue weighted by Crippen LogP contribution is 2.69. The minimum Gasteiger partial charge on any atom is -0.309 e. The normalized spacial score (nSPS) is 16.7. The molecule has 4 aliphatic rings. The van der Waals surface area contributed by atoms with Crippen LogP contribution in [-0.2, 0) is 10.8 Å². The molecule has 18 rings (SSSR count). The smallest absolute Gasteiger partial charge is 0.0726 e. The standard InChI is InChI=1S/C74H43NS2/c1-2-18-44(19-3-1)45-36-38-46(39-37-45)75(63-32-16-30-59-67(63)51-22-4-10-26-55(51)73(59)57-28-12-6-24-53(57)69-61(73)42-40-49-47-20-8-14-34-65(47)76-71(49)69)64-33-17-31-60-68(64)52-23-5-11-27-56(52)74(60)58-29-13-7-25-54(58)70-62(74)43-41-50-48-21-9-15-35-66(48)77-72(50)70/h1-43H. The van der Waals surface area contributed by atoms with Gasteiger partial charge >= 0.3 is 0 Å². The van der Waals surface area contributed by atoms with E-state index in [-0.39, 0.29) is 0 Å². The highest BCUT2D eigenvalue weighted by molar-refractivity contribution is 7.26. The van der Waals surface area contributed by atoms with Gasteiger partial charge in [0.1, 0.15) is 0 Å². The first-order chi connectivity index (χ1) is 38.2. The van der Waals surface area contributed by atoms with E-state index >= 15 is 0 Å². The molecule has 0 radical (unpaired) electrons. The van der Waals surface area contributed by atoms with Crippen molar-refractivity contribution in [3.63, 3.8) is 0 Å². The van der Waals surface area contributed by atoms with Crippen molar-refractivity contribution in [3.05, 3.63) is 305 Å². The predicted molar refractivity (Wildman–Crippen MR) is 325 cm³/mol. The Labute approximate surface area is 453 Å². The lowest BCUT2D eigenvalue weighted by molar-refractivity contribution is 0.794. The Balaban J connectivity index is 0.932. The van der Waals surface area contributed by atoms with Crippen LogP contribution < -0.4 is 4.90 Å². The molecular weight excluding hydrogens is 967 g/mol. The zero-order valence-electron chi connectivity index (χ0n) is 41.6. The van der Waals surface area contributed by atoms with Crippen molar-refractivity contribution < 1.29 is 0 Å². The van der Waals surface area contributed by atoms with Crippen LogP contribution >= 0.6 is 22.7 Å². The minimum absolute atomic E-state index is 0.536. The highest BCUT2D eigenvalue weighted by Gasteiger charge is 2.55. The zero-order chi connectivity index (χ0) is 50.1. The summed E-state index contributed by atoms with van der Waals surface area (Å²) >= 11 is 3.87. The van der Waals surface area contributed by atoms with Gasteiger partial charge < -0.3 is 4.90 Å². The van der Waals surface area contributed by atoms with E-state index in [0.717, 1.165) is 5.69 Å². The van der Waals surface area contributed by atoms with E-state index in [9.17, 15) is 0 Å². The predicted octanol–water partition coefficient (Wildman–Crippen LogP) is 20.2. The molecule has 14 aromatic rings. The maximum absolute atomic E-state index is 2.62. The summed E-state index contributed by atoms with van der Waals surface area (Å²) < 4.78 is 5.39. The third-order valence-corrected chi connectivity index (χ3v) is 20.3. The van der Waals surface area contributed by atoms with Crippen molar-refractivity contribution in [1.82, 2.24) is 0 Å². The molecular formula is C74H43NS2. The Morgan fingerprint density at radius 2 is 0.610 bits per heavy atom. The van der Waals surface area contributed by atoms with Gasteiger partial charge in [-0.25, -0.2) is 0 Å². The molecule has 0 amide bonds. The van der Waals surface area contributed by atoms with Gasteiger partial charge in [0.2, 0.25) is 0 Å². The molecule has 4 aliphatic carbocycles. The molecule has 2 unspecified atom stereocenters. The number of benzene rings is 12. The van der Waals surface area contributed by atoms with Gasteiger partial charge in [0.05, 0.1) is 22.2 Å². The van der Waals surface area contributed by atoms with Crippen LogP contribution in [0.1, 0.15) is 44.5 Å². The molecule has 0 aliphatic heterocycles. The van der Waals surface area contributed by atoms with Crippen LogP contribution in [0, 0.1) is 0 Å². The fourth-order valence-corrected chi connectivity index (χ4v) is 17.6. The van der Waals surface area contributed by atoms with E-state index in [1.807, 2.05) is 22.7 Å². The highest BCUT2D eigenvalue weighted by atomic mass is 32.1. The van der Waals surface area contributed by atoms with Gasteiger partial charge in [-0.15, -0.1) is 22.7 Å². The van der Waals surface area contributed by atoms with Crippen molar-refractivity contribution in [2.45, 2.75) is 10.8 Å². The maximum atomic E-state index is 2.62. The summed E-state index contributed by atoms with van der Waals surface area (Å²) in [5.41, 5.74) is 26.0. The molecule has 0 N–H and O–H groups in total. The molecule has 2 spiro atoms. The monoisotopic (exact) mass is 1010 g/mol. The SMILES string of the molecule is c1ccc(-c2ccc(N(c3cccc4c3-c3ccccc3C43c4ccccc4-c4c3ccc3c4sc4ccccc43)c3cccc4c3-c3ccccc3C43c4ccccc4-c4c3ccc3c4sc4ccccc43)cc2)cc1. The molecule has 77 heavy (non-hydrogen) atoms. The van der Waals surface area contributed by atoms with Gasteiger partial charge in [-0.1, -0.05) is 224 Å². The molecule has 356 valence electrons. The van der Waals surface area contributed by atoms with Gasteiger partial charge in [0.25, 0.3) is 0 Å². The summed E-state index contributed by atoms with van der Waals surface area (Å²) in [5, 5.41) is 5.32. The first kappa shape index (κ1) is 42.1. The Morgan fingerprint density at radius 3 is 1.08 bits per heavy atom. The fraction of sp³-hybridized carbons (Fsp3) is 0.0270. The van der Waals surface area contributed by atoms with Crippen molar-refractivity contribution in [2.24, 2.45) is 0 Å². The van der Waals surface area contributed by atoms with Crippen molar-refractivity contribution >= 4 is 80.1 Å². The number of nitrogens with zero attached hydrogens (tertiary/aromatic N) is 1. The molecule has 12 aromatic carbocycles. The lowest BCUT2D eigenvalue weighted by Crippen LogP contribution is -2.26. The lowest BCUT2D eigenvalue weighted by Gasteiger charge is -2.33. The van der Waals surface area contributed by atoms with E-state index in [1.165, 1.54) is 152 Å². The second-order valence-electron chi connectivity index (χ2n) is 21.3. The van der Waals surface area contributed by atoms with Crippen molar-refractivity contribution in [3.8, 4) is 55.6 Å². The van der Waals surface area contributed by atoms with Crippen LogP contribution in [0.25, 0.3) is 96.0 Å². The quantitative estimate of drug-likeness (QED) is 0.170.